The maximum absolute atomic E-state index is 13.0. The van der Waals surface area contributed by atoms with Crippen LogP contribution in [-0.4, -0.2) is 58.9 Å². The molecule has 1 saturated heterocycles. The highest BCUT2D eigenvalue weighted by Gasteiger charge is 2.27. The van der Waals surface area contributed by atoms with Gasteiger partial charge in [0.25, 0.3) is 5.91 Å². The Hall–Kier alpha value is -2.03. The molecule has 1 amide bonds. The van der Waals surface area contributed by atoms with E-state index in [-0.39, 0.29) is 35.5 Å². The lowest BCUT2D eigenvalue weighted by Gasteiger charge is -2.24. The zero-order valence-electron chi connectivity index (χ0n) is 14.8. The van der Waals surface area contributed by atoms with E-state index < -0.39 is 10.0 Å². The first-order chi connectivity index (χ1) is 13.0. The number of hydrogen-bond donors (Lipinski definition) is 0. The van der Waals surface area contributed by atoms with Crippen LogP contribution in [0.2, 0.25) is 5.15 Å². The van der Waals surface area contributed by atoms with Gasteiger partial charge >= 0.3 is 0 Å². The average Bonchev–Trinajstić information content (AvgIpc) is 3.22. The third-order valence-electron chi connectivity index (χ3n) is 4.48. The number of pyridine rings is 2. The summed E-state index contributed by atoms with van der Waals surface area (Å²) in [7, 11) is -3.39. The summed E-state index contributed by atoms with van der Waals surface area (Å²) in [5.41, 5.74) is 1.11. The van der Waals surface area contributed by atoms with E-state index in [1.54, 1.807) is 36.7 Å². The van der Waals surface area contributed by atoms with Crippen LogP contribution >= 0.6 is 11.6 Å². The topological polar surface area (TPSA) is 83.5 Å². The first-order valence-electron chi connectivity index (χ1n) is 8.74. The molecule has 0 aromatic carbocycles. The van der Waals surface area contributed by atoms with Gasteiger partial charge < -0.3 is 4.90 Å². The molecule has 3 heterocycles. The summed E-state index contributed by atoms with van der Waals surface area (Å²) in [6.45, 7) is 1.44. The number of carbonyl (C=O) groups is 1. The zero-order chi connectivity index (χ0) is 19.3. The largest absolute Gasteiger partial charge is 0.333 e. The van der Waals surface area contributed by atoms with Gasteiger partial charge in [-0.2, -0.15) is 0 Å². The molecule has 0 aliphatic carbocycles. The SMILES string of the molecule is O=C(c1cccnc1Cl)N(CCS(=O)(=O)N1CCCC1)Cc1ccncc1. The number of nitrogens with zero attached hydrogens (tertiary/aromatic N) is 4. The lowest BCUT2D eigenvalue weighted by molar-refractivity contribution is 0.0753. The summed E-state index contributed by atoms with van der Waals surface area (Å²) in [5.74, 6) is -0.469. The van der Waals surface area contributed by atoms with Crippen LogP contribution < -0.4 is 0 Å². The van der Waals surface area contributed by atoms with E-state index in [9.17, 15) is 13.2 Å². The van der Waals surface area contributed by atoms with Crippen molar-refractivity contribution in [1.82, 2.24) is 19.2 Å². The molecule has 7 nitrogen and oxygen atoms in total. The maximum atomic E-state index is 13.0. The molecule has 9 heteroatoms. The summed E-state index contributed by atoms with van der Waals surface area (Å²) in [5, 5.41) is 0.102. The predicted molar refractivity (Wildman–Crippen MR) is 103 cm³/mol. The smallest absolute Gasteiger partial charge is 0.257 e. The molecule has 0 unspecified atom stereocenters. The molecule has 144 valence electrons. The highest BCUT2D eigenvalue weighted by molar-refractivity contribution is 7.89. The summed E-state index contributed by atoms with van der Waals surface area (Å²) in [6.07, 6.45) is 6.53. The maximum Gasteiger partial charge on any atom is 0.257 e. The molecule has 1 aliphatic heterocycles. The number of aromatic nitrogens is 2. The lowest BCUT2D eigenvalue weighted by Crippen LogP contribution is -2.39. The van der Waals surface area contributed by atoms with Crippen LogP contribution in [0.25, 0.3) is 0 Å². The summed E-state index contributed by atoms with van der Waals surface area (Å²) < 4.78 is 26.6. The number of hydrogen-bond acceptors (Lipinski definition) is 5. The van der Waals surface area contributed by atoms with E-state index in [0.717, 1.165) is 18.4 Å². The molecule has 27 heavy (non-hydrogen) atoms. The Morgan fingerprint density at radius 1 is 1.15 bits per heavy atom. The first-order valence-corrected chi connectivity index (χ1v) is 10.7. The average molecular weight is 409 g/mol. The fourth-order valence-electron chi connectivity index (χ4n) is 3.00. The number of amides is 1. The summed E-state index contributed by atoms with van der Waals surface area (Å²) in [6, 6.07) is 6.80. The van der Waals surface area contributed by atoms with Crippen LogP contribution in [0.4, 0.5) is 0 Å². The normalized spacial score (nSPS) is 15.0. The Morgan fingerprint density at radius 3 is 2.52 bits per heavy atom. The minimum absolute atomic E-state index is 0.0746. The molecule has 2 aromatic rings. The van der Waals surface area contributed by atoms with Crippen LogP contribution in [0, 0.1) is 0 Å². The number of rotatable bonds is 7. The third kappa shape index (κ3) is 5.03. The Balaban J connectivity index is 1.79. The van der Waals surface area contributed by atoms with Crippen molar-refractivity contribution < 1.29 is 13.2 Å². The van der Waals surface area contributed by atoms with E-state index in [1.807, 2.05) is 0 Å². The molecule has 1 aliphatic rings. The van der Waals surface area contributed by atoms with E-state index in [1.165, 1.54) is 15.4 Å². The fraction of sp³-hybridized carbons (Fsp3) is 0.389. The quantitative estimate of drug-likeness (QED) is 0.656. The zero-order valence-corrected chi connectivity index (χ0v) is 16.4. The molecule has 0 atom stereocenters. The molecular weight excluding hydrogens is 388 g/mol. The van der Waals surface area contributed by atoms with Crippen LogP contribution in [0.3, 0.4) is 0 Å². The van der Waals surface area contributed by atoms with Crippen LogP contribution in [0.1, 0.15) is 28.8 Å². The Morgan fingerprint density at radius 2 is 1.85 bits per heavy atom. The Kier molecular flexibility index (Phi) is 6.41. The van der Waals surface area contributed by atoms with Gasteiger partial charge in [0.2, 0.25) is 10.0 Å². The van der Waals surface area contributed by atoms with Gasteiger partial charge in [0.1, 0.15) is 5.15 Å². The summed E-state index contributed by atoms with van der Waals surface area (Å²) >= 11 is 6.06. The van der Waals surface area contributed by atoms with Crippen molar-refractivity contribution in [2.45, 2.75) is 19.4 Å². The van der Waals surface area contributed by atoms with Crippen LogP contribution in [0.5, 0.6) is 0 Å². The lowest BCUT2D eigenvalue weighted by atomic mass is 10.2. The molecule has 0 bridgehead atoms. The van der Waals surface area contributed by atoms with Crippen molar-refractivity contribution in [3.63, 3.8) is 0 Å². The van der Waals surface area contributed by atoms with E-state index in [4.69, 9.17) is 11.6 Å². The van der Waals surface area contributed by atoms with Crippen molar-refractivity contribution in [1.29, 1.82) is 0 Å². The van der Waals surface area contributed by atoms with Crippen molar-refractivity contribution in [3.05, 3.63) is 59.1 Å². The monoisotopic (exact) mass is 408 g/mol. The summed E-state index contributed by atoms with van der Waals surface area (Å²) in [4.78, 5) is 22.4. The minimum Gasteiger partial charge on any atom is -0.333 e. The van der Waals surface area contributed by atoms with Gasteiger partial charge in [0, 0.05) is 44.8 Å². The third-order valence-corrected chi connectivity index (χ3v) is 6.63. The standard InChI is InChI=1S/C18H21ClN4O3S/c19-17-16(4-3-7-21-17)18(24)22(14-15-5-8-20-9-6-15)12-13-27(25,26)23-10-1-2-11-23/h3-9H,1-2,10-14H2. The Bertz CT molecular complexity index is 886. The Labute approximate surface area is 164 Å². The minimum atomic E-state index is -3.39. The number of carbonyl (C=O) groups excluding carboxylic acids is 1. The molecular formula is C18H21ClN4O3S. The van der Waals surface area contributed by atoms with Crippen LogP contribution in [-0.2, 0) is 16.6 Å². The van der Waals surface area contributed by atoms with Gasteiger partial charge in [-0.15, -0.1) is 0 Å². The van der Waals surface area contributed by atoms with E-state index in [0.29, 0.717) is 13.1 Å². The first kappa shape index (κ1) is 19.7. The molecule has 3 rings (SSSR count). The van der Waals surface area contributed by atoms with Crippen molar-refractivity contribution in [3.8, 4) is 0 Å². The second kappa shape index (κ2) is 8.77. The second-order valence-electron chi connectivity index (χ2n) is 6.35. The highest BCUT2D eigenvalue weighted by atomic mass is 35.5. The second-order valence-corrected chi connectivity index (χ2v) is 8.79. The molecule has 0 N–H and O–H groups in total. The van der Waals surface area contributed by atoms with Crippen LogP contribution in [0.15, 0.2) is 42.9 Å². The van der Waals surface area contributed by atoms with Gasteiger partial charge in [-0.3, -0.25) is 9.78 Å². The molecule has 0 radical (unpaired) electrons. The predicted octanol–water partition coefficient (Wildman–Crippen LogP) is 2.20. The van der Waals surface area contributed by atoms with Crippen molar-refractivity contribution in [2.24, 2.45) is 0 Å². The van der Waals surface area contributed by atoms with Gasteiger partial charge in [-0.25, -0.2) is 17.7 Å². The van der Waals surface area contributed by atoms with Crippen molar-refractivity contribution >= 4 is 27.5 Å². The number of sulfonamides is 1. The molecule has 0 saturated carbocycles. The van der Waals surface area contributed by atoms with Gasteiger partial charge in [0.05, 0.1) is 11.3 Å². The number of halogens is 1. The molecule has 0 spiro atoms. The van der Waals surface area contributed by atoms with Gasteiger partial charge in [-0.05, 0) is 42.7 Å². The molecule has 2 aromatic heterocycles. The van der Waals surface area contributed by atoms with E-state index >= 15 is 0 Å². The van der Waals surface area contributed by atoms with Gasteiger partial charge in [-0.1, -0.05) is 11.6 Å². The highest BCUT2D eigenvalue weighted by Crippen LogP contribution is 2.18. The van der Waals surface area contributed by atoms with Gasteiger partial charge in [0.15, 0.2) is 0 Å². The van der Waals surface area contributed by atoms with Crippen molar-refractivity contribution in [2.75, 3.05) is 25.4 Å². The fourth-order valence-corrected chi connectivity index (χ4v) is 4.72. The molecule has 1 fully saturated rings. The van der Waals surface area contributed by atoms with E-state index in [2.05, 4.69) is 9.97 Å².